The number of allylic oxidation sites excluding steroid dienone is 5. The summed E-state index contributed by atoms with van der Waals surface area (Å²) in [6.07, 6.45) is 9.42. The maximum absolute atomic E-state index is 12.8. The molecule has 0 fully saturated rings. The van der Waals surface area contributed by atoms with Crippen molar-refractivity contribution in [2.45, 2.75) is 44.3 Å². The second kappa shape index (κ2) is 6.57. The van der Waals surface area contributed by atoms with Crippen molar-refractivity contribution in [1.82, 2.24) is 0 Å². The molecule has 0 N–H and O–H groups in total. The molecule has 0 aliphatic heterocycles. The smallest absolute Gasteiger partial charge is 0.0599 e. The van der Waals surface area contributed by atoms with Crippen molar-refractivity contribution in [2.24, 2.45) is 5.41 Å². The number of hydrogen-bond donors (Lipinski definition) is 0. The molecule has 112 valence electrons. The molecule has 0 saturated heterocycles. The maximum atomic E-state index is 12.8. The summed E-state index contributed by atoms with van der Waals surface area (Å²) in [4.78, 5) is 0.920. The molecule has 1 nitrogen and oxygen atoms in total. The van der Waals surface area contributed by atoms with Gasteiger partial charge in [0.2, 0.25) is 0 Å². The summed E-state index contributed by atoms with van der Waals surface area (Å²) in [6, 6.07) is 9.78. The van der Waals surface area contributed by atoms with E-state index in [1.165, 1.54) is 11.1 Å². The van der Waals surface area contributed by atoms with Crippen LogP contribution in [0.4, 0.5) is 0 Å². The summed E-state index contributed by atoms with van der Waals surface area (Å²) >= 11 is 0. The van der Waals surface area contributed by atoms with Gasteiger partial charge in [-0.25, -0.2) is 0 Å². The highest BCUT2D eigenvalue weighted by molar-refractivity contribution is 7.85. The van der Waals surface area contributed by atoms with Crippen molar-refractivity contribution in [3.05, 3.63) is 65.8 Å². The van der Waals surface area contributed by atoms with Crippen LogP contribution in [0.3, 0.4) is 0 Å². The van der Waals surface area contributed by atoms with Gasteiger partial charge in [-0.3, -0.25) is 4.21 Å². The van der Waals surface area contributed by atoms with Crippen LogP contribution in [0.25, 0.3) is 0 Å². The molecule has 21 heavy (non-hydrogen) atoms. The molecule has 0 spiro atoms. The first-order valence-corrected chi connectivity index (χ1v) is 8.65. The fourth-order valence-electron chi connectivity index (χ4n) is 2.99. The van der Waals surface area contributed by atoms with Gasteiger partial charge in [-0.15, -0.1) is 0 Å². The van der Waals surface area contributed by atoms with Crippen molar-refractivity contribution in [1.29, 1.82) is 0 Å². The first-order chi connectivity index (χ1) is 9.95. The van der Waals surface area contributed by atoms with Gasteiger partial charge in [0.15, 0.2) is 0 Å². The van der Waals surface area contributed by atoms with Crippen LogP contribution in [0.15, 0.2) is 70.7 Å². The van der Waals surface area contributed by atoms with E-state index in [9.17, 15) is 4.21 Å². The topological polar surface area (TPSA) is 17.1 Å². The van der Waals surface area contributed by atoms with Crippen molar-refractivity contribution in [3.63, 3.8) is 0 Å². The van der Waals surface area contributed by atoms with Gasteiger partial charge in [-0.05, 0) is 43.4 Å². The summed E-state index contributed by atoms with van der Waals surface area (Å²) in [5.41, 5.74) is 2.65. The Bertz CT molecular complexity index is 606. The average molecular weight is 300 g/mol. The highest BCUT2D eigenvalue weighted by atomic mass is 32.2. The summed E-state index contributed by atoms with van der Waals surface area (Å²) < 4.78 is 12.8. The molecular weight excluding hydrogens is 276 g/mol. The minimum atomic E-state index is -0.979. The van der Waals surface area contributed by atoms with Gasteiger partial charge >= 0.3 is 0 Å². The Labute approximate surface area is 130 Å². The van der Waals surface area contributed by atoms with Crippen molar-refractivity contribution in [3.8, 4) is 0 Å². The van der Waals surface area contributed by atoms with Gasteiger partial charge in [0, 0.05) is 4.90 Å². The normalized spacial score (nSPS) is 25.0. The summed E-state index contributed by atoms with van der Waals surface area (Å²) in [5, 5.41) is 0.0881. The Hall–Kier alpha value is -1.41. The minimum Gasteiger partial charge on any atom is -0.254 e. The zero-order valence-electron chi connectivity index (χ0n) is 13.3. The van der Waals surface area contributed by atoms with E-state index in [0.717, 1.165) is 11.3 Å². The van der Waals surface area contributed by atoms with Crippen LogP contribution in [0.2, 0.25) is 0 Å². The molecule has 0 radical (unpaired) electrons. The quantitative estimate of drug-likeness (QED) is 0.764. The van der Waals surface area contributed by atoms with Crippen molar-refractivity contribution < 1.29 is 4.21 Å². The molecule has 0 amide bonds. The Morgan fingerprint density at radius 2 is 1.90 bits per heavy atom. The van der Waals surface area contributed by atoms with E-state index >= 15 is 0 Å². The molecule has 0 heterocycles. The van der Waals surface area contributed by atoms with Crippen molar-refractivity contribution >= 4 is 10.8 Å². The average Bonchev–Trinajstić information content (AvgIpc) is 2.46. The molecule has 0 aromatic heterocycles. The molecule has 1 aromatic rings. The third-order valence-corrected chi connectivity index (χ3v) is 5.60. The Kier molecular flexibility index (Phi) is 5.00. The second-order valence-electron chi connectivity index (χ2n) is 6.19. The number of hydrogen-bond acceptors (Lipinski definition) is 1. The first kappa shape index (κ1) is 16.0. The highest BCUT2D eigenvalue weighted by Gasteiger charge is 2.34. The largest absolute Gasteiger partial charge is 0.254 e. The molecule has 1 aliphatic carbocycles. The van der Waals surface area contributed by atoms with E-state index in [1.807, 2.05) is 43.3 Å². The highest BCUT2D eigenvalue weighted by Crippen LogP contribution is 2.42. The van der Waals surface area contributed by atoms with Gasteiger partial charge in [-0.1, -0.05) is 61.9 Å². The Balaban J connectivity index is 2.34. The van der Waals surface area contributed by atoms with Crippen LogP contribution in [-0.4, -0.2) is 9.46 Å². The lowest BCUT2D eigenvalue weighted by molar-refractivity contribution is 0.406. The van der Waals surface area contributed by atoms with E-state index in [0.29, 0.717) is 0 Å². The van der Waals surface area contributed by atoms with E-state index < -0.39 is 10.8 Å². The zero-order valence-corrected chi connectivity index (χ0v) is 14.1. The third-order valence-electron chi connectivity index (χ3n) is 4.01. The monoisotopic (exact) mass is 300 g/mol. The molecule has 1 aliphatic rings. The third kappa shape index (κ3) is 3.62. The van der Waals surface area contributed by atoms with Gasteiger partial charge in [-0.2, -0.15) is 0 Å². The summed E-state index contributed by atoms with van der Waals surface area (Å²) in [5.74, 6) is 0. The lowest BCUT2D eigenvalue weighted by Gasteiger charge is -2.36. The number of rotatable bonds is 3. The molecule has 2 unspecified atom stereocenters. The second-order valence-corrected chi connectivity index (χ2v) is 7.86. The molecule has 0 bridgehead atoms. The molecule has 2 atom stereocenters. The Morgan fingerprint density at radius 3 is 2.48 bits per heavy atom. The van der Waals surface area contributed by atoms with Gasteiger partial charge in [0.25, 0.3) is 0 Å². The summed E-state index contributed by atoms with van der Waals surface area (Å²) in [6.45, 7) is 8.65. The SMILES string of the molecule is C/C=C/C=C1/C(C)=CC(S(=O)c2ccccc2)CC1(C)C. The molecule has 2 rings (SSSR count). The van der Waals surface area contributed by atoms with Crippen LogP contribution >= 0.6 is 0 Å². The minimum absolute atomic E-state index is 0.0491. The van der Waals surface area contributed by atoms with E-state index in [-0.39, 0.29) is 10.7 Å². The van der Waals surface area contributed by atoms with Crippen LogP contribution in [0.5, 0.6) is 0 Å². The zero-order chi connectivity index (χ0) is 15.5. The van der Waals surface area contributed by atoms with Crippen LogP contribution in [-0.2, 0) is 10.8 Å². The Morgan fingerprint density at radius 1 is 1.24 bits per heavy atom. The molecular formula is C19H24OS. The van der Waals surface area contributed by atoms with E-state index in [2.05, 4.69) is 39.0 Å². The predicted molar refractivity (Wildman–Crippen MR) is 91.7 cm³/mol. The molecule has 2 heteroatoms. The van der Waals surface area contributed by atoms with Gasteiger partial charge in [0.1, 0.15) is 0 Å². The first-order valence-electron chi connectivity index (χ1n) is 7.43. The van der Waals surface area contributed by atoms with Crippen molar-refractivity contribution in [2.75, 3.05) is 0 Å². The summed E-state index contributed by atoms with van der Waals surface area (Å²) in [7, 11) is -0.979. The maximum Gasteiger partial charge on any atom is 0.0599 e. The molecule has 1 aromatic carbocycles. The van der Waals surface area contributed by atoms with Crippen LogP contribution in [0.1, 0.15) is 34.1 Å². The lowest BCUT2D eigenvalue weighted by atomic mass is 9.73. The van der Waals surface area contributed by atoms with Gasteiger partial charge < -0.3 is 0 Å². The fraction of sp³-hybridized carbons (Fsp3) is 0.368. The van der Waals surface area contributed by atoms with Crippen LogP contribution in [0, 0.1) is 5.41 Å². The van der Waals surface area contributed by atoms with E-state index in [1.54, 1.807) is 0 Å². The van der Waals surface area contributed by atoms with Gasteiger partial charge in [0.05, 0.1) is 16.0 Å². The standard InChI is InChI=1S/C19H24OS/c1-5-6-12-18-15(2)13-17(14-19(18,3)4)21(20)16-10-8-7-9-11-16/h5-13,17H,14H2,1-4H3/b6-5+,18-12-. The number of benzene rings is 1. The fourth-order valence-corrected chi connectivity index (χ4v) is 4.66. The predicted octanol–water partition coefficient (Wildman–Crippen LogP) is 5.04. The van der Waals surface area contributed by atoms with E-state index in [4.69, 9.17) is 0 Å². The molecule has 0 saturated carbocycles. The van der Waals surface area contributed by atoms with Crippen LogP contribution < -0.4 is 0 Å². The lowest BCUT2D eigenvalue weighted by Crippen LogP contribution is -2.30.